The molecule has 3 aromatic rings. The van der Waals surface area contributed by atoms with E-state index in [4.69, 9.17) is 14.2 Å². The Bertz CT molecular complexity index is 1390. The van der Waals surface area contributed by atoms with Gasteiger partial charge in [-0.05, 0) is 42.0 Å². The highest BCUT2D eigenvalue weighted by Crippen LogP contribution is 2.35. The first kappa shape index (κ1) is 28.0. The Balaban J connectivity index is 1.82. The van der Waals surface area contributed by atoms with E-state index >= 15 is 0 Å². The smallest absolute Gasteiger partial charge is 0.343 e. The number of methoxy groups -OCH3 is 3. The summed E-state index contributed by atoms with van der Waals surface area (Å²) in [6.45, 7) is -0.854. The Kier molecular flexibility index (Phi) is 9.66. The van der Waals surface area contributed by atoms with E-state index in [2.05, 4.69) is 15.3 Å². The van der Waals surface area contributed by atoms with Crippen molar-refractivity contribution in [2.45, 2.75) is 4.90 Å². The number of anilines is 1. The van der Waals surface area contributed by atoms with Crippen molar-refractivity contribution in [1.29, 1.82) is 0 Å². The number of nitrogens with zero attached hydrogens (tertiary/aromatic N) is 2. The van der Waals surface area contributed by atoms with Crippen LogP contribution in [0.5, 0.6) is 17.2 Å². The van der Waals surface area contributed by atoms with E-state index in [9.17, 15) is 18.0 Å². The van der Waals surface area contributed by atoms with Crippen LogP contribution in [0.25, 0.3) is 0 Å². The Hall–Kier alpha value is -4.58. The molecule has 0 unspecified atom stereocenters. The lowest BCUT2D eigenvalue weighted by atomic mass is 10.2. The van der Waals surface area contributed by atoms with E-state index in [-0.39, 0.29) is 22.9 Å². The van der Waals surface area contributed by atoms with Crippen LogP contribution >= 0.6 is 0 Å². The third-order valence-corrected chi connectivity index (χ3v) is 6.89. The Labute approximate surface area is 220 Å². The first-order valence-corrected chi connectivity index (χ1v) is 12.6. The molecule has 0 atom stereocenters. The van der Waals surface area contributed by atoms with Crippen molar-refractivity contribution in [1.82, 2.24) is 5.43 Å². The maximum atomic E-state index is 13.6. The van der Waals surface area contributed by atoms with Crippen molar-refractivity contribution in [2.24, 2.45) is 5.10 Å². The summed E-state index contributed by atoms with van der Waals surface area (Å²) in [5.41, 5.74) is 3.02. The molecule has 0 heterocycles. The fourth-order valence-corrected chi connectivity index (χ4v) is 4.69. The molecule has 3 rings (SSSR count). The molecule has 0 aromatic heterocycles. The van der Waals surface area contributed by atoms with Gasteiger partial charge in [-0.1, -0.05) is 30.3 Å². The van der Waals surface area contributed by atoms with Gasteiger partial charge in [-0.3, -0.25) is 9.10 Å². The SMILES string of the molecule is COC(=O)COc1cccc(/C=N\NC(=O)CN(c2cc(OC)ccc2OC)S(=O)(=O)c2ccccc2)c1. The second kappa shape index (κ2) is 13.1. The monoisotopic (exact) mass is 541 g/mol. The highest BCUT2D eigenvalue weighted by atomic mass is 32.2. The highest BCUT2D eigenvalue weighted by molar-refractivity contribution is 7.92. The molecule has 0 saturated heterocycles. The molecule has 0 aliphatic rings. The van der Waals surface area contributed by atoms with Gasteiger partial charge in [0, 0.05) is 6.07 Å². The molecule has 0 radical (unpaired) electrons. The van der Waals surface area contributed by atoms with Crippen molar-refractivity contribution < 1.29 is 37.0 Å². The molecule has 38 heavy (non-hydrogen) atoms. The zero-order valence-electron chi connectivity index (χ0n) is 21.0. The Morgan fingerprint density at radius 2 is 1.68 bits per heavy atom. The molecular formula is C26H27N3O8S. The quantitative estimate of drug-likeness (QED) is 0.210. The molecule has 3 aromatic carbocycles. The van der Waals surface area contributed by atoms with Crippen LogP contribution in [0.15, 0.2) is 82.8 Å². The summed E-state index contributed by atoms with van der Waals surface area (Å²) in [6.07, 6.45) is 1.35. The van der Waals surface area contributed by atoms with Gasteiger partial charge in [0.25, 0.3) is 15.9 Å². The van der Waals surface area contributed by atoms with E-state index < -0.39 is 28.4 Å². The molecule has 11 nitrogen and oxygen atoms in total. The second-order valence-corrected chi connectivity index (χ2v) is 9.46. The second-order valence-electron chi connectivity index (χ2n) is 7.59. The minimum atomic E-state index is -4.17. The number of hydrogen-bond acceptors (Lipinski definition) is 9. The molecule has 0 aliphatic heterocycles. The molecule has 12 heteroatoms. The zero-order chi connectivity index (χ0) is 27.5. The molecule has 0 saturated carbocycles. The van der Waals surface area contributed by atoms with Crippen LogP contribution in [0.4, 0.5) is 5.69 Å². The molecule has 0 spiro atoms. The van der Waals surface area contributed by atoms with Gasteiger partial charge in [0.2, 0.25) is 0 Å². The Morgan fingerprint density at radius 3 is 2.37 bits per heavy atom. The first-order valence-electron chi connectivity index (χ1n) is 11.2. The minimum Gasteiger partial charge on any atom is -0.497 e. The molecule has 0 bridgehead atoms. The largest absolute Gasteiger partial charge is 0.497 e. The van der Waals surface area contributed by atoms with Crippen LogP contribution in [0.1, 0.15) is 5.56 Å². The van der Waals surface area contributed by atoms with Crippen molar-refractivity contribution in [2.75, 3.05) is 38.8 Å². The van der Waals surface area contributed by atoms with E-state index in [1.165, 1.54) is 45.7 Å². The number of hydrogen-bond donors (Lipinski definition) is 1. The standard InChI is InChI=1S/C26H27N3O8S/c1-34-20-12-13-24(35-2)23(15-20)29(38(32,33)22-10-5-4-6-11-22)17-25(30)28-27-16-19-8-7-9-21(14-19)37-18-26(31)36-3/h4-16H,17-18H2,1-3H3,(H,28,30)/b27-16-. The van der Waals surface area contributed by atoms with Crippen molar-refractivity contribution in [3.05, 3.63) is 78.4 Å². The number of esters is 1. The summed E-state index contributed by atoms with van der Waals surface area (Å²) >= 11 is 0. The van der Waals surface area contributed by atoms with Crippen molar-refractivity contribution in [3.63, 3.8) is 0 Å². The van der Waals surface area contributed by atoms with Gasteiger partial charge >= 0.3 is 5.97 Å². The van der Waals surface area contributed by atoms with E-state index in [1.807, 2.05) is 0 Å². The van der Waals surface area contributed by atoms with Gasteiger partial charge < -0.3 is 18.9 Å². The molecule has 1 amide bonds. The minimum absolute atomic E-state index is 0.00931. The molecule has 200 valence electrons. The summed E-state index contributed by atoms with van der Waals surface area (Å²) < 4.78 is 48.5. The number of rotatable bonds is 12. The molecule has 1 N–H and O–H groups in total. The van der Waals surface area contributed by atoms with Crippen LogP contribution in [0.2, 0.25) is 0 Å². The van der Waals surface area contributed by atoms with E-state index in [0.717, 1.165) is 4.31 Å². The highest BCUT2D eigenvalue weighted by Gasteiger charge is 2.29. The van der Waals surface area contributed by atoms with Crippen molar-refractivity contribution in [3.8, 4) is 17.2 Å². The summed E-state index contributed by atoms with van der Waals surface area (Å²) in [6, 6.07) is 19.0. The number of nitrogens with one attached hydrogen (secondary N) is 1. The van der Waals surface area contributed by atoms with Crippen LogP contribution in [-0.2, 0) is 24.3 Å². The van der Waals surface area contributed by atoms with Crippen LogP contribution in [0, 0.1) is 0 Å². The van der Waals surface area contributed by atoms with Crippen molar-refractivity contribution >= 4 is 33.8 Å². The maximum absolute atomic E-state index is 13.6. The number of benzene rings is 3. The predicted octanol–water partition coefficient (Wildman–Crippen LogP) is 2.60. The van der Waals surface area contributed by atoms with Gasteiger partial charge in [0.05, 0.1) is 38.1 Å². The van der Waals surface area contributed by atoms with Gasteiger partial charge in [-0.15, -0.1) is 0 Å². The van der Waals surface area contributed by atoms with Gasteiger partial charge in [-0.25, -0.2) is 18.6 Å². The zero-order valence-corrected chi connectivity index (χ0v) is 21.8. The average molecular weight is 542 g/mol. The summed E-state index contributed by atoms with van der Waals surface area (Å²) in [7, 11) is -0.0786. The topological polar surface area (TPSA) is 133 Å². The molecule has 0 aliphatic carbocycles. The third-order valence-electron chi connectivity index (χ3n) is 5.12. The summed E-state index contributed by atoms with van der Waals surface area (Å²) in [4.78, 5) is 24.1. The van der Waals surface area contributed by atoms with Gasteiger partial charge in [-0.2, -0.15) is 5.10 Å². The number of hydrazone groups is 1. The Morgan fingerprint density at radius 1 is 0.921 bits per heavy atom. The number of carbonyl (C=O) groups is 2. The fourth-order valence-electron chi connectivity index (χ4n) is 3.24. The lowest BCUT2D eigenvalue weighted by Gasteiger charge is -2.25. The molecular weight excluding hydrogens is 514 g/mol. The average Bonchev–Trinajstić information content (AvgIpc) is 2.94. The summed E-state index contributed by atoms with van der Waals surface area (Å²) in [5, 5.41) is 3.92. The number of carbonyl (C=O) groups excluding carboxylic acids is 2. The third kappa shape index (κ3) is 7.23. The lowest BCUT2D eigenvalue weighted by molar-refractivity contribution is -0.142. The fraction of sp³-hybridized carbons (Fsp3) is 0.192. The number of ether oxygens (including phenoxy) is 4. The lowest BCUT2D eigenvalue weighted by Crippen LogP contribution is -2.39. The summed E-state index contributed by atoms with van der Waals surface area (Å²) in [5.74, 6) is -0.231. The first-order chi connectivity index (χ1) is 18.3. The maximum Gasteiger partial charge on any atom is 0.343 e. The molecule has 0 fully saturated rings. The normalized spacial score (nSPS) is 11.0. The van der Waals surface area contributed by atoms with E-state index in [0.29, 0.717) is 17.1 Å². The van der Waals surface area contributed by atoms with E-state index in [1.54, 1.807) is 54.6 Å². The van der Waals surface area contributed by atoms with Crippen LogP contribution in [-0.4, -0.2) is 61.0 Å². The van der Waals surface area contributed by atoms with Gasteiger partial charge in [0.15, 0.2) is 6.61 Å². The number of sulfonamides is 1. The van der Waals surface area contributed by atoms with Crippen LogP contribution in [0.3, 0.4) is 0 Å². The predicted molar refractivity (Wildman–Crippen MR) is 140 cm³/mol. The van der Waals surface area contributed by atoms with Gasteiger partial charge in [0.1, 0.15) is 23.8 Å². The van der Waals surface area contributed by atoms with Crippen LogP contribution < -0.4 is 23.9 Å². The number of amides is 1.